The van der Waals surface area contributed by atoms with Crippen molar-refractivity contribution in [3.8, 4) is 22.3 Å². The van der Waals surface area contributed by atoms with Gasteiger partial charge in [0.1, 0.15) is 0 Å². The third kappa shape index (κ3) is 3.95. The average molecular weight is 588 g/mol. The predicted molar refractivity (Wildman–Crippen MR) is 197 cm³/mol. The summed E-state index contributed by atoms with van der Waals surface area (Å²) < 4.78 is 0. The highest BCUT2D eigenvalue weighted by atomic mass is 15.1. The first-order valence-corrected chi connectivity index (χ1v) is 16.1. The Labute approximate surface area is 270 Å². The van der Waals surface area contributed by atoms with E-state index in [2.05, 4.69) is 183 Å². The molecule has 0 saturated carbocycles. The molecule has 1 aliphatic carbocycles. The maximum absolute atomic E-state index is 2.51. The van der Waals surface area contributed by atoms with Crippen LogP contribution in [0.25, 0.3) is 54.6 Å². The second kappa shape index (κ2) is 10.2. The quantitative estimate of drug-likeness (QED) is 0.185. The van der Waals surface area contributed by atoms with Crippen LogP contribution in [0.15, 0.2) is 164 Å². The van der Waals surface area contributed by atoms with Gasteiger partial charge in [-0.2, -0.15) is 0 Å². The molecule has 0 bridgehead atoms. The maximum Gasteiger partial charge on any atom is 0.0546 e. The molecule has 0 saturated heterocycles. The summed E-state index contributed by atoms with van der Waals surface area (Å²) in [6, 6.07) is 60.2. The van der Waals surface area contributed by atoms with Gasteiger partial charge in [0.15, 0.2) is 0 Å². The summed E-state index contributed by atoms with van der Waals surface area (Å²) in [5.41, 5.74) is 11.2. The summed E-state index contributed by atoms with van der Waals surface area (Å²) in [5, 5.41) is 7.60. The van der Waals surface area contributed by atoms with Gasteiger partial charge in [-0.15, -0.1) is 0 Å². The van der Waals surface area contributed by atoms with Gasteiger partial charge in [-0.05, 0) is 79.0 Å². The van der Waals surface area contributed by atoms with Crippen LogP contribution in [0.2, 0.25) is 0 Å². The zero-order valence-electron chi connectivity index (χ0n) is 26.0. The lowest BCUT2D eigenvalue weighted by molar-refractivity contribution is 0.660. The number of benzene rings is 8. The van der Waals surface area contributed by atoms with Crippen LogP contribution in [0.4, 0.5) is 17.1 Å². The van der Waals surface area contributed by atoms with Gasteiger partial charge >= 0.3 is 0 Å². The van der Waals surface area contributed by atoms with Gasteiger partial charge in [0, 0.05) is 22.1 Å². The van der Waals surface area contributed by atoms with Crippen molar-refractivity contribution in [1.29, 1.82) is 0 Å². The molecular weight excluding hydrogens is 555 g/mol. The van der Waals surface area contributed by atoms with E-state index in [1.807, 2.05) is 0 Å². The zero-order valence-corrected chi connectivity index (χ0v) is 26.0. The molecule has 9 rings (SSSR count). The fourth-order valence-electron chi connectivity index (χ4n) is 7.83. The first-order valence-electron chi connectivity index (χ1n) is 16.1. The molecular formula is C45H33N. The summed E-state index contributed by atoms with van der Waals surface area (Å²) in [6.45, 7) is 4.72. The Balaban J connectivity index is 1.40. The van der Waals surface area contributed by atoms with E-state index in [-0.39, 0.29) is 5.41 Å². The normalized spacial score (nSPS) is 13.2. The third-order valence-corrected chi connectivity index (χ3v) is 10.0. The van der Waals surface area contributed by atoms with E-state index < -0.39 is 0 Å². The third-order valence-electron chi connectivity index (χ3n) is 10.0. The van der Waals surface area contributed by atoms with Crippen molar-refractivity contribution in [1.82, 2.24) is 0 Å². The van der Waals surface area contributed by atoms with Gasteiger partial charge in [0.25, 0.3) is 0 Å². The molecule has 1 aliphatic rings. The molecule has 0 N–H and O–H groups in total. The van der Waals surface area contributed by atoms with Crippen LogP contribution in [0, 0.1) is 0 Å². The monoisotopic (exact) mass is 587 g/mol. The van der Waals surface area contributed by atoms with Gasteiger partial charge in [-0.1, -0.05) is 153 Å². The molecule has 0 amide bonds. The lowest BCUT2D eigenvalue weighted by Crippen LogP contribution is -2.16. The van der Waals surface area contributed by atoms with Gasteiger partial charge in [0.05, 0.1) is 11.4 Å². The van der Waals surface area contributed by atoms with Crippen LogP contribution in [0.5, 0.6) is 0 Å². The average Bonchev–Trinajstić information content (AvgIpc) is 3.35. The molecule has 1 nitrogen and oxygen atoms in total. The maximum atomic E-state index is 2.51. The smallest absolute Gasteiger partial charge is 0.0546 e. The Morgan fingerprint density at radius 2 is 1.09 bits per heavy atom. The lowest BCUT2D eigenvalue weighted by Gasteiger charge is -2.30. The zero-order chi connectivity index (χ0) is 30.8. The molecule has 0 unspecified atom stereocenters. The fourth-order valence-corrected chi connectivity index (χ4v) is 7.83. The van der Waals surface area contributed by atoms with Crippen LogP contribution in [0.1, 0.15) is 25.0 Å². The minimum Gasteiger partial charge on any atom is -0.309 e. The molecule has 0 aromatic heterocycles. The molecule has 0 heterocycles. The summed E-state index contributed by atoms with van der Waals surface area (Å²) in [5.74, 6) is 0. The van der Waals surface area contributed by atoms with Crippen molar-refractivity contribution in [2.45, 2.75) is 19.3 Å². The Hall–Kier alpha value is -5.66. The summed E-state index contributed by atoms with van der Waals surface area (Å²) >= 11 is 0. The predicted octanol–water partition coefficient (Wildman–Crippen LogP) is 12.6. The summed E-state index contributed by atoms with van der Waals surface area (Å²) in [4.78, 5) is 2.51. The Morgan fingerprint density at radius 1 is 0.435 bits per heavy atom. The van der Waals surface area contributed by atoms with Gasteiger partial charge in [0.2, 0.25) is 0 Å². The highest BCUT2D eigenvalue weighted by Crippen LogP contribution is 2.55. The molecule has 8 aromatic carbocycles. The topological polar surface area (TPSA) is 3.24 Å². The minimum atomic E-state index is -0.0934. The molecule has 218 valence electrons. The second-order valence-electron chi connectivity index (χ2n) is 12.9. The van der Waals surface area contributed by atoms with Crippen molar-refractivity contribution in [3.63, 3.8) is 0 Å². The van der Waals surface area contributed by atoms with E-state index in [1.165, 1.54) is 77.1 Å². The van der Waals surface area contributed by atoms with Crippen LogP contribution < -0.4 is 4.90 Å². The van der Waals surface area contributed by atoms with E-state index in [9.17, 15) is 0 Å². The highest BCUT2D eigenvalue weighted by molar-refractivity contribution is 6.24. The van der Waals surface area contributed by atoms with Crippen LogP contribution in [-0.4, -0.2) is 0 Å². The molecule has 0 aliphatic heterocycles. The highest BCUT2D eigenvalue weighted by Gasteiger charge is 2.37. The molecule has 0 radical (unpaired) electrons. The second-order valence-corrected chi connectivity index (χ2v) is 12.9. The lowest BCUT2D eigenvalue weighted by atomic mass is 9.82. The van der Waals surface area contributed by atoms with Gasteiger partial charge in [-0.25, -0.2) is 0 Å². The van der Waals surface area contributed by atoms with Crippen molar-refractivity contribution in [2.24, 2.45) is 0 Å². The Morgan fingerprint density at radius 3 is 1.96 bits per heavy atom. The molecule has 0 fully saturated rings. The molecule has 46 heavy (non-hydrogen) atoms. The fraction of sp³-hybridized carbons (Fsp3) is 0.0667. The molecule has 8 aromatic rings. The summed E-state index contributed by atoms with van der Waals surface area (Å²) in [7, 11) is 0. The van der Waals surface area contributed by atoms with Gasteiger partial charge < -0.3 is 4.90 Å². The van der Waals surface area contributed by atoms with Crippen LogP contribution >= 0.6 is 0 Å². The Bertz CT molecular complexity index is 2450. The van der Waals surface area contributed by atoms with Crippen LogP contribution in [0.3, 0.4) is 0 Å². The number of rotatable bonds is 4. The number of hydrogen-bond acceptors (Lipinski definition) is 1. The van der Waals surface area contributed by atoms with Crippen molar-refractivity contribution in [3.05, 3.63) is 175 Å². The standard InChI is InChI=1S/C45H33N/c1-45(2)39-23-11-10-22-38(39)44-40(45)24-13-25-41(44)46(34-18-12-17-32(28-34)30-14-4-3-5-15-30)42-29-33-27-26-31-16-6-7-19-35(31)43(33)37-21-9-8-20-36(37)42/h3-29H,1-2H3. The Kier molecular flexibility index (Phi) is 5.92. The first kappa shape index (κ1) is 26.7. The van der Waals surface area contributed by atoms with E-state index in [1.54, 1.807) is 0 Å². The molecule has 0 atom stereocenters. The van der Waals surface area contributed by atoms with E-state index in [0.29, 0.717) is 0 Å². The van der Waals surface area contributed by atoms with Gasteiger partial charge in [-0.3, -0.25) is 0 Å². The van der Waals surface area contributed by atoms with E-state index >= 15 is 0 Å². The number of nitrogens with zero attached hydrogens (tertiary/aromatic N) is 1. The van der Waals surface area contributed by atoms with E-state index in [0.717, 1.165) is 5.69 Å². The van der Waals surface area contributed by atoms with Crippen molar-refractivity contribution >= 4 is 49.4 Å². The first-order chi connectivity index (χ1) is 22.6. The molecule has 1 heteroatoms. The molecule has 0 spiro atoms. The number of fused-ring (bicyclic) bond motifs is 8. The van der Waals surface area contributed by atoms with Crippen LogP contribution in [-0.2, 0) is 5.41 Å². The number of anilines is 3. The number of hydrogen-bond donors (Lipinski definition) is 0. The van der Waals surface area contributed by atoms with Crippen molar-refractivity contribution in [2.75, 3.05) is 4.90 Å². The minimum absolute atomic E-state index is 0.0934. The summed E-state index contributed by atoms with van der Waals surface area (Å²) in [6.07, 6.45) is 0. The van der Waals surface area contributed by atoms with E-state index in [4.69, 9.17) is 0 Å². The SMILES string of the molecule is CC1(C)c2ccccc2-c2c(N(c3cccc(-c4ccccc4)c3)c3cc4ccc5ccccc5c4c4ccccc34)cccc21. The largest absolute Gasteiger partial charge is 0.309 e. The van der Waals surface area contributed by atoms with Crippen molar-refractivity contribution < 1.29 is 0 Å².